The molecule has 1 heterocycles. The van der Waals surface area contributed by atoms with Gasteiger partial charge in [0.05, 0.1) is 17.8 Å². The van der Waals surface area contributed by atoms with Crippen molar-refractivity contribution in [2.45, 2.75) is 27.1 Å². The number of carbonyl (C=O) groups is 3. The fourth-order valence-corrected chi connectivity index (χ4v) is 5.00. The summed E-state index contributed by atoms with van der Waals surface area (Å²) < 4.78 is 17.3. The Bertz CT molecular complexity index is 1790. The zero-order chi connectivity index (χ0) is 31.4. The molecule has 8 nitrogen and oxygen atoms in total. The van der Waals surface area contributed by atoms with Crippen LogP contribution in [0.2, 0.25) is 10.0 Å². The molecule has 5 rings (SSSR count). The summed E-state index contributed by atoms with van der Waals surface area (Å²) >= 11 is 12.7. The number of halogens is 2. The minimum Gasteiger partial charge on any atom is -0.493 e. The summed E-state index contributed by atoms with van der Waals surface area (Å²) in [7, 11) is 1.46. The van der Waals surface area contributed by atoms with Crippen molar-refractivity contribution in [3.8, 4) is 17.2 Å². The predicted octanol–water partition coefficient (Wildman–Crippen LogP) is 7.44. The Balaban J connectivity index is 1.34. The molecule has 0 radical (unpaired) electrons. The lowest BCUT2D eigenvalue weighted by atomic mass is 10.1. The second-order valence-corrected chi connectivity index (χ2v) is 10.9. The summed E-state index contributed by atoms with van der Waals surface area (Å²) in [5.74, 6) is -0.485. The van der Waals surface area contributed by atoms with Crippen molar-refractivity contribution in [3.63, 3.8) is 0 Å². The van der Waals surface area contributed by atoms with Gasteiger partial charge in [-0.05, 0) is 84.6 Å². The first-order chi connectivity index (χ1) is 21.1. The van der Waals surface area contributed by atoms with E-state index in [-0.39, 0.29) is 29.5 Å². The van der Waals surface area contributed by atoms with E-state index in [0.29, 0.717) is 27.8 Å². The van der Waals surface area contributed by atoms with Crippen molar-refractivity contribution in [2.75, 3.05) is 12.0 Å². The van der Waals surface area contributed by atoms with Crippen LogP contribution >= 0.6 is 23.2 Å². The lowest BCUT2D eigenvalue weighted by Gasteiger charge is -2.26. The third-order valence-corrected chi connectivity index (χ3v) is 7.72. The van der Waals surface area contributed by atoms with Gasteiger partial charge in [0.2, 0.25) is 0 Å². The van der Waals surface area contributed by atoms with E-state index >= 15 is 0 Å². The number of nitrogens with one attached hydrogen (secondary N) is 1. The molecule has 0 aromatic heterocycles. The van der Waals surface area contributed by atoms with Gasteiger partial charge in [0.25, 0.3) is 11.8 Å². The molecule has 0 aliphatic carbocycles. The van der Waals surface area contributed by atoms with Gasteiger partial charge in [0.1, 0.15) is 24.5 Å². The van der Waals surface area contributed by atoms with Crippen LogP contribution in [-0.2, 0) is 22.8 Å². The molecule has 1 aliphatic rings. The number of anilines is 1. The molecule has 0 bridgehead atoms. The summed E-state index contributed by atoms with van der Waals surface area (Å²) in [5.41, 5.74) is 4.50. The molecule has 224 valence electrons. The topological polar surface area (TPSA) is 94.2 Å². The quantitative estimate of drug-likeness (QED) is 0.152. The monoisotopic (exact) mass is 630 g/mol. The highest BCUT2D eigenvalue weighted by Gasteiger charge is 2.37. The zero-order valence-electron chi connectivity index (χ0n) is 24.1. The summed E-state index contributed by atoms with van der Waals surface area (Å²) in [5, 5.41) is 3.03. The molecule has 1 saturated heterocycles. The Hall–Kier alpha value is -4.79. The van der Waals surface area contributed by atoms with Crippen molar-refractivity contribution in [1.82, 2.24) is 5.32 Å². The van der Waals surface area contributed by atoms with Crippen LogP contribution in [0.25, 0.3) is 6.08 Å². The lowest BCUT2D eigenvalue weighted by molar-refractivity contribution is -0.122. The molecule has 0 saturated carbocycles. The number of imide groups is 2. The smallest absolute Gasteiger partial charge is 0.335 e. The predicted molar refractivity (Wildman–Crippen MR) is 169 cm³/mol. The number of urea groups is 1. The van der Waals surface area contributed by atoms with Gasteiger partial charge in [0.15, 0.2) is 11.5 Å². The van der Waals surface area contributed by atoms with Crippen LogP contribution in [-0.4, -0.2) is 25.0 Å². The fourth-order valence-electron chi connectivity index (χ4n) is 4.54. The van der Waals surface area contributed by atoms with Gasteiger partial charge in [-0.25, -0.2) is 9.69 Å². The van der Waals surface area contributed by atoms with Crippen molar-refractivity contribution >= 4 is 52.8 Å². The van der Waals surface area contributed by atoms with E-state index in [4.69, 9.17) is 37.4 Å². The average molecular weight is 632 g/mol. The van der Waals surface area contributed by atoms with Crippen LogP contribution in [0.1, 0.15) is 27.8 Å². The molecule has 4 aromatic carbocycles. The van der Waals surface area contributed by atoms with Crippen LogP contribution in [0, 0.1) is 13.8 Å². The van der Waals surface area contributed by atoms with Crippen LogP contribution in [0.5, 0.6) is 17.2 Å². The Labute approximate surface area is 264 Å². The number of rotatable bonds is 9. The molecular formula is C34H28Cl2N2O6. The van der Waals surface area contributed by atoms with Gasteiger partial charge < -0.3 is 14.2 Å². The second kappa shape index (κ2) is 13.2. The van der Waals surface area contributed by atoms with Gasteiger partial charge in [0, 0.05) is 10.6 Å². The minimum atomic E-state index is -0.868. The summed E-state index contributed by atoms with van der Waals surface area (Å²) in [6.07, 6.45) is 1.35. The molecule has 0 spiro atoms. The average Bonchev–Trinajstić information content (AvgIpc) is 3.00. The zero-order valence-corrected chi connectivity index (χ0v) is 25.7. The van der Waals surface area contributed by atoms with Crippen LogP contribution in [0.3, 0.4) is 0 Å². The summed E-state index contributed by atoms with van der Waals surface area (Å²) in [4.78, 5) is 39.8. The van der Waals surface area contributed by atoms with Crippen molar-refractivity contribution in [1.29, 1.82) is 0 Å². The number of hydrogen-bond acceptors (Lipinski definition) is 6. The number of benzene rings is 4. The van der Waals surface area contributed by atoms with Gasteiger partial charge in [-0.2, -0.15) is 0 Å². The SMILES string of the molecule is COc1cc(/C=C2\C(=O)NC(=O)N(c3ccc(OCc4ccccc4Cl)cc3)C2=O)cc(Cl)c1OCc1ccc(C)c(C)c1. The molecule has 0 atom stereocenters. The van der Waals surface area contributed by atoms with Crippen LogP contribution in [0.4, 0.5) is 10.5 Å². The molecule has 1 aliphatic heterocycles. The molecular weight excluding hydrogens is 603 g/mol. The van der Waals surface area contributed by atoms with Gasteiger partial charge in [-0.3, -0.25) is 14.9 Å². The number of carbonyl (C=O) groups excluding carboxylic acids is 3. The normalized spacial score (nSPS) is 14.1. The fraction of sp³-hybridized carbons (Fsp3) is 0.147. The van der Waals surface area contributed by atoms with E-state index < -0.39 is 17.8 Å². The number of ether oxygens (including phenoxy) is 3. The Morgan fingerprint density at radius 1 is 0.818 bits per heavy atom. The van der Waals surface area contributed by atoms with Crippen LogP contribution < -0.4 is 24.4 Å². The van der Waals surface area contributed by atoms with Crippen molar-refractivity contribution in [2.24, 2.45) is 0 Å². The van der Waals surface area contributed by atoms with E-state index in [9.17, 15) is 14.4 Å². The van der Waals surface area contributed by atoms with E-state index in [2.05, 4.69) is 5.32 Å². The van der Waals surface area contributed by atoms with Gasteiger partial charge >= 0.3 is 6.03 Å². The first-order valence-corrected chi connectivity index (χ1v) is 14.3. The molecule has 1 N–H and O–H groups in total. The third-order valence-electron chi connectivity index (χ3n) is 7.07. The van der Waals surface area contributed by atoms with Crippen molar-refractivity contribution < 1.29 is 28.6 Å². The maximum Gasteiger partial charge on any atom is 0.335 e. The number of aryl methyl sites for hydroxylation is 2. The summed E-state index contributed by atoms with van der Waals surface area (Å²) in [6.45, 7) is 4.57. The number of amides is 4. The number of methoxy groups -OCH3 is 1. The van der Waals surface area contributed by atoms with Gasteiger partial charge in [-0.1, -0.05) is 59.6 Å². The van der Waals surface area contributed by atoms with E-state index in [1.165, 1.54) is 18.7 Å². The minimum absolute atomic E-state index is 0.226. The van der Waals surface area contributed by atoms with Crippen LogP contribution in [0.15, 0.2) is 84.4 Å². The number of hydrogen-bond donors (Lipinski definition) is 1. The molecule has 1 fully saturated rings. The molecule has 10 heteroatoms. The Morgan fingerprint density at radius 3 is 2.27 bits per heavy atom. The number of barbiturate groups is 1. The second-order valence-electron chi connectivity index (χ2n) is 10.1. The largest absolute Gasteiger partial charge is 0.493 e. The Morgan fingerprint density at radius 2 is 1.57 bits per heavy atom. The molecule has 4 aromatic rings. The maximum absolute atomic E-state index is 13.4. The summed E-state index contributed by atoms with van der Waals surface area (Å²) in [6, 6.07) is 22.0. The lowest BCUT2D eigenvalue weighted by Crippen LogP contribution is -2.54. The standard InChI is InChI=1S/C34H28Cl2N2O6/c1-20-8-9-22(14-21(20)2)18-44-31-29(36)16-23(17-30(31)42-3)15-27-32(39)37-34(41)38(33(27)40)25-10-12-26(13-11-25)43-19-24-6-4-5-7-28(24)35/h4-17H,18-19H2,1-3H3,(H,37,39,41)/b27-15+. The first kappa shape index (κ1) is 30.7. The maximum atomic E-state index is 13.4. The highest BCUT2D eigenvalue weighted by Crippen LogP contribution is 2.38. The van der Waals surface area contributed by atoms with Gasteiger partial charge in [-0.15, -0.1) is 0 Å². The highest BCUT2D eigenvalue weighted by molar-refractivity contribution is 6.39. The van der Waals surface area contributed by atoms with E-state index in [0.717, 1.165) is 21.6 Å². The Kier molecular flexibility index (Phi) is 9.23. The molecule has 44 heavy (non-hydrogen) atoms. The first-order valence-electron chi connectivity index (χ1n) is 13.6. The van der Waals surface area contributed by atoms with Crippen molar-refractivity contribution in [3.05, 3.63) is 122 Å². The van der Waals surface area contributed by atoms with E-state index in [1.54, 1.807) is 42.5 Å². The van der Waals surface area contributed by atoms with E-state index in [1.807, 2.05) is 50.2 Å². The highest BCUT2D eigenvalue weighted by atomic mass is 35.5. The third kappa shape index (κ3) is 6.72. The number of nitrogens with zero attached hydrogens (tertiary/aromatic N) is 1. The molecule has 4 amide bonds. The molecule has 0 unspecified atom stereocenters.